The van der Waals surface area contributed by atoms with Gasteiger partial charge >= 0.3 is 0 Å². The third kappa shape index (κ3) is 8.26. The van der Waals surface area contributed by atoms with Gasteiger partial charge in [0.05, 0.1) is 5.75 Å². The lowest BCUT2D eigenvalue weighted by Gasteiger charge is -2.31. The van der Waals surface area contributed by atoms with Gasteiger partial charge < -0.3 is 10.2 Å². The number of hydrogen-bond donors (Lipinski definition) is 1. The van der Waals surface area contributed by atoms with Gasteiger partial charge in [0.2, 0.25) is 11.8 Å². The molecule has 3 rings (SSSR count). The average molecular weight is 548 g/mol. The number of halogens is 3. The van der Waals surface area contributed by atoms with Gasteiger partial charge in [-0.1, -0.05) is 78.7 Å². The van der Waals surface area contributed by atoms with Gasteiger partial charge in [0, 0.05) is 35.3 Å². The summed E-state index contributed by atoms with van der Waals surface area (Å²) < 4.78 is 13.5. The minimum atomic E-state index is -0.721. The van der Waals surface area contributed by atoms with E-state index in [4.69, 9.17) is 23.2 Å². The minimum absolute atomic E-state index is 0.134. The second kappa shape index (κ2) is 14.3. The monoisotopic (exact) mass is 546 g/mol. The molecule has 0 unspecified atom stereocenters. The molecule has 0 aliphatic rings. The van der Waals surface area contributed by atoms with E-state index in [-0.39, 0.29) is 29.9 Å². The molecule has 4 nitrogen and oxygen atoms in total. The average Bonchev–Trinajstić information content (AvgIpc) is 2.88. The van der Waals surface area contributed by atoms with E-state index in [1.54, 1.807) is 35.2 Å². The molecule has 0 aliphatic heterocycles. The Bertz CT molecular complexity index is 1130. The van der Waals surface area contributed by atoms with Crippen LogP contribution in [0.3, 0.4) is 0 Å². The summed E-state index contributed by atoms with van der Waals surface area (Å²) in [5.74, 6) is -0.171. The van der Waals surface area contributed by atoms with Crippen molar-refractivity contribution >= 4 is 46.8 Å². The number of benzene rings is 3. The Morgan fingerprint density at radius 1 is 0.944 bits per heavy atom. The van der Waals surface area contributed by atoms with E-state index < -0.39 is 6.04 Å². The zero-order valence-corrected chi connectivity index (χ0v) is 22.4. The molecular weight excluding hydrogens is 518 g/mol. The van der Waals surface area contributed by atoms with Gasteiger partial charge in [-0.05, 0) is 47.4 Å². The first kappa shape index (κ1) is 28.0. The highest BCUT2D eigenvalue weighted by molar-refractivity contribution is 7.99. The molecule has 0 heterocycles. The number of hydrogen-bond acceptors (Lipinski definition) is 3. The second-order valence-electron chi connectivity index (χ2n) is 8.34. The predicted molar refractivity (Wildman–Crippen MR) is 147 cm³/mol. The van der Waals surface area contributed by atoms with Crippen LogP contribution in [0, 0.1) is 5.82 Å². The lowest BCUT2D eigenvalue weighted by molar-refractivity contribution is -0.139. The third-order valence-electron chi connectivity index (χ3n) is 5.62. The molecule has 0 spiro atoms. The fourth-order valence-corrected chi connectivity index (χ4v) is 5.35. The van der Waals surface area contributed by atoms with Crippen LogP contribution in [-0.4, -0.2) is 35.1 Å². The van der Waals surface area contributed by atoms with Crippen molar-refractivity contribution in [1.82, 2.24) is 10.2 Å². The van der Waals surface area contributed by atoms with Crippen molar-refractivity contribution in [3.63, 3.8) is 0 Å². The van der Waals surface area contributed by atoms with Crippen molar-refractivity contribution in [2.45, 2.75) is 38.1 Å². The summed E-state index contributed by atoms with van der Waals surface area (Å²) in [6.45, 7) is 2.68. The normalized spacial score (nSPS) is 11.7. The summed E-state index contributed by atoms with van der Waals surface area (Å²) >= 11 is 13.9. The molecule has 2 amide bonds. The number of amides is 2. The van der Waals surface area contributed by atoms with Gasteiger partial charge in [0.15, 0.2) is 0 Å². The van der Waals surface area contributed by atoms with Crippen LogP contribution in [0.1, 0.15) is 30.0 Å². The highest BCUT2D eigenvalue weighted by Gasteiger charge is 2.30. The Hall–Kier alpha value is -2.54. The molecule has 0 saturated carbocycles. The summed E-state index contributed by atoms with van der Waals surface area (Å²) in [5, 5.41) is 4.04. The van der Waals surface area contributed by atoms with Crippen molar-refractivity contribution in [3.05, 3.63) is 105 Å². The van der Waals surface area contributed by atoms with Crippen LogP contribution in [0.4, 0.5) is 4.39 Å². The standard InChI is InChI=1S/C28H29Cl2FN2O2S/c1-2-15-32-28(35)26(16-20-7-4-3-5-8-20)33(17-21-11-13-22(31)14-12-21)27(34)19-36-18-23-24(29)9-6-10-25(23)30/h3-14,26H,2,15-19H2,1H3,(H,32,35)/t26-/m0/s1. The largest absolute Gasteiger partial charge is 0.354 e. The molecule has 190 valence electrons. The number of carbonyl (C=O) groups excluding carboxylic acids is 2. The Labute approximate surface area is 226 Å². The van der Waals surface area contributed by atoms with E-state index in [9.17, 15) is 14.0 Å². The fraction of sp³-hybridized carbons (Fsp3) is 0.286. The van der Waals surface area contributed by atoms with Gasteiger partial charge in [-0.3, -0.25) is 9.59 Å². The zero-order valence-electron chi connectivity index (χ0n) is 20.1. The smallest absolute Gasteiger partial charge is 0.243 e. The van der Waals surface area contributed by atoms with Gasteiger partial charge in [-0.2, -0.15) is 0 Å². The van der Waals surface area contributed by atoms with Crippen LogP contribution in [0.2, 0.25) is 10.0 Å². The number of thioether (sulfide) groups is 1. The Morgan fingerprint density at radius 2 is 1.61 bits per heavy atom. The van der Waals surface area contributed by atoms with Crippen LogP contribution in [-0.2, 0) is 28.3 Å². The fourth-order valence-electron chi connectivity index (χ4n) is 3.70. The van der Waals surface area contributed by atoms with Gasteiger partial charge in [-0.15, -0.1) is 11.8 Å². The number of nitrogens with one attached hydrogen (secondary N) is 1. The molecular formula is C28H29Cl2FN2O2S. The quantitative estimate of drug-likeness (QED) is 0.281. The van der Waals surface area contributed by atoms with Gasteiger partial charge in [-0.25, -0.2) is 4.39 Å². The van der Waals surface area contributed by atoms with E-state index in [1.165, 1.54) is 23.9 Å². The highest BCUT2D eigenvalue weighted by atomic mass is 35.5. The second-order valence-corrected chi connectivity index (χ2v) is 10.1. The highest BCUT2D eigenvalue weighted by Crippen LogP contribution is 2.28. The lowest BCUT2D eigenvalue weighted by atomic mass is 10.0. The van der Waals surface area contributed by atoms with Crippen LogP contribution in [0.25, 0.3) is 0 Å². The third-order valence-corrected chi connectivity index (χ3v) is 7.27. The molecule has 3 aromatic rings. The molecule has 36 heavy (non-hydrogen) atoms. The molecule has 1 atom stereocenters. The predicted octanol–water partition coefficient (Wildman–Crippen LogP) is 6.53. The summed E-state index contributed by atoms with van der Waals surface area (Å²) in [7, 11) is 0. The number of nitrogens with zero attached hydrogens (tertiary/aromatic N) is 1. The first-order valence-electron chi connectivity index (χ1n) is 11.7. The Kier molecular flexibility index (Phi) is 11.1. The maximum absolute atomic E-state index is 13.6. The first-order chi connectivity index (χ1) is 17.4. The molecule has 0 aromatic heterocycles. The van der Waals surface area contributed by atoms with Gasteiger partial charge in [0.1, 0.15) is 11.9 Å². The first-order valence-corrected chi connectivity index (χ1v) is 13.7. The minimum Gasteiger partial charge on any atom is -0.354 e. The van der Waals surface area contributed by atoms with Crippen molar-refractivity contribution < 1.29 is 14.0 Å². The lowest BCUT2D eigenvalue weighted by Crippen LogP contribution is -2.51. The number of carbonyl (C=O) groups is 2. The molecule has 0 saturated heterocycles. The molecule has 0 bridgehead atoms. The van der Waals surface area contributed by atoms with E-state index in [0.717, 1.165) is 23.1 Å². The van der Waals surface area contributed by atoms with Crippen molar-refractivity contribution in [1.29, 1.82) is 0 Å². The molecule has 0 fully saturated rings. The topological polar surface area (TPSA) is 49.4 Å². The molecule has 0 radical (unpaired) electrons. The summed E-state index contributed by atoms with van der Waals surface area (Å²) in [6, 6.07) is 20.2. The summed E-state index contributed by atoms with van der Waals surface area (Å²) in [4.78, 5) is 28.4. The van der Waals surface area contributed by atoms with E-state index in [1.807, 2.05) is 37.3 Å². The summed E-state index contributed by atoms with van der Waals surface area (Å²) in [5.41, 5.74) is 2.46. The SMILES string of the molecule is CCCNC(=O)[C@H](Cc1ccccc1)N(Cc1ccc(F)cc1)C(=O)CSCc1c(Cl)cccc1Cl. The van der Waals surface area contributed by atoms with E-state index in [2.05, 4.69) is 5.32 Å². The van der Waals surface area contributed by atoms with E-state index >= 15 is 0 Å². The maximum atomic E-state index is 13.6. The van der Waals surface area contributed by atoms with Crippen LogP contribution in [0.15, 0.2) is 72.8 Å². The van der Waals surface area contributed by atoms with E-state index in [0.29, 0.717) is 28.8 Å². The van der Waals surface area contributed by atoms with Crippen LogP contribution in [0.5, 0.6) is 0 Å². The van der Waals surface area contributed by atoms with Crippen LogP contribution >= 0.6 is 35.0 Å². The maximum Gasteiger partial charge on any atom is 0.243 e. The molecule has 8 heteroatoms. The zero-order chi connectivity index (χ0) is 25.9. The van der Waals surface area contributed by atoms with Crippen molar-refractivity contribution in [2.75, 3.05) is 12.3 Å². The summed E-state index contributed by atoms with van der Waals surface area (Å²) in [6.07, 6.45) is 1.15. The van der Waals surface area contributed by atoms with Crippen LogP contribution < -0.4 is 5.32 Å². The number of rotatable bonds is 12. The molecule has 0 aliphatic carbocycles. The molecule has 3 aromatic carbocycles. The Balaban J connectivity index is 1.84. The van der Waals surface area contributed by atoms with Crippen molar-refractivity contribution in [2.24, 2.45) is 0 Å². The Morgan fingerprint density at radius 3 is 2.25 bits per heavy atom. The van der Waals surface area contributed by atoms with Gasteiger partial charge in [0.25, 0.3) is 0 Å². The molecule has 1 N–H and O–H groups in total. The van der Waals surface area contributed by atoms with Crippen molar-refractivity contribution in [3.8, 4) is 0 Å².